The SMILES string of the molecule is CN(C)C1=CC(=N/S(=O)(=O)c2ccccc2)/C(N(C)C)=CC/1=N/S(=O)(=O)c1ccccc1. The topological polar surface area (TPSA) is 99.5 Å². The average Bonchev–Trinajstić information content (AvgIpc) is 2.75. The van der Waals surface area contributed by atoms with E-state index < -0.39 is 20.0 Å². The Balaban J connectivity index is 2.17. The van der Waals surface area contributed by atoms with Gasteiger partial charge in [0, 0.05) is 28.2 Å². The Bertz CT molecular complexity index is 1220. The summed E-state index contributed by atoms with van der Waals surface area (Å²) in [7, 11) is -1.08. The van der Waals surface area contributed by atoms with Gasteiger partial charge in [-0.25, -0.2) is 0 Å². The minimum atomic E-state index is -3.97. The summed E-state index contributed by atoms with van der Waals surface area (Å²) in [5.74, 6) is 0. The number of hydrogen-bond acceptors (Lipinski definition) is 6. The molecule has 0 bridgehead atoms. The van der Waals surface area contributed by atoms with Gasteiger partial charge in [-0.1, -0.05) is 36.4 Å². The van der Waals surface area contributed by atoms with Crippen LogP contribution < -0.4 is 0 Å². The van der Waals surface area contributed by atoms with Gasteiger partial charge in [0.25, 0.3) is 20.0 Å². The number of hydrogen-bond donors (Lipinski definition) is 0. The molecule has 0 heterocycles. The van der Waals surface area contributed by atoms with E-state index in [0.29, 0.717) is 11.4 Å². The zero-order valence-corrected chi connectivity index (χ0v) is 19.8. The van der Waals surface area contributed by atoms with Crippen molar-refractivity contribution in [2.75, 3.05) is 28.2 Å². The van der Waals surface area contributed by atoms with Crippen molar-refractivity contribution in [2.45, 2.75) is 9.79 Å². The molecule has 0 atom stereocenters. The van der Waals surface area contributed by atoms with Crippen molar-refractivity contribution < 1.29 is 16.8 Å². The van der Waals surface area contributed by atoms with E-state index in [2.05, 4.69) is 8.80 Å². The first-order valence-electron chi connectivity index (χ1n) is 9.60. The van der Waals surface area contributed by atoms with Gasteiger partial charge in [-0.05, 0) is 36.4 Å². The van der Waals surface area contributed by atoms with E-state index in [9.17, 15) is 16.8 Å². The lowest BCUT2D eigenvalue weighted by atomic mass is 10.0. The van der Waals surface area contributed by atoms with Crippen molar-refractivity contribution >= 4 is 31.5 Å². The predicted octanol–water partition coefficient (Wildman–Crippen LogP) is 2.55. The Hall–Kier alpha value is -3.24. The van der Waals surface area contributed by atoms with E-state index in [-0.39, 0.29) is 21.2 Å². The molecule has 0 N–H and O–H groups in total. The molecule has 32 heavy (non-hydrogen) atoms. The molecule has 1 aliphatic rings. The van der Waals surface area contributed by atoms with Gasteiger partial charge >= 0.3 is 0 Å². The normalized spacial score (nSPS) is 17.1. The summed E-state index contributed by atoms with van der Waals surface area (Å²) in [6.07, 6.45) is 3.05. The van der Waals surface area contributed by atoms with Gasteiger partial charge in [0.1, 0.15) is 11.4 Å². The standard InChI is InChI=1S/C22H24N4O4S2/c1-25(2)21-15-20(24-32(29,30)18-13-9-6-10-14-18)22(26(3)4)16-19(21)23-31(27,28)17-11-7-5-8-12-17/h5-16H,1-4H3/b23-19-,24-20-. The first kappa shape index (κ1) is 23.4. The van der Waals surface area contributed by atoms with Gasteiger partial charge in [-0.2, -0.15) is 25.6 Å². The van der Waals surface area contributed by atoms with Crippen molar-refractivity contribution in [3.05, 3.63) is 84.2 Å². The van der Waals surface area contributed by atoms with Crippen LogP contribution in [0.15, 0.2) is 103 Å². The van der Waals surface area contributed by atoms with E-state index in [0.717, 1.165) is 0 Å². The van der Waals surface area contributed by atoms with E-state index in [1.807, 2.05) is 0 Å². The van der Waals surface area contributed by atoms with Crippen LogP contribution in [-0.4, -0.2) is 66.2 Å². The molecule has 2 aromatic carbocycles. The minimum Gasteiger partial charge on any atom is -0.376 e. The van der Waals surface area contributed by atoms with Crippen LogP contribution >= 0.6 is 0 Å². The molecule has 0 unspecified atom stereocenters. The van der Waals surface area contributed by atoms with Crippen molar-refractivity contribution in [1.29, 1.82) is 0 Å². The van der Waals surface area contributed by atoms with E-state index in [1.54, 1.807) is 74.4 Å². The Morgan fingerprint density at radius 2 is 0.875 bits per heavy atom. The molecule has 168 valence electrons. The van der Waals surface area contributed by atoms with Crippen LogP contribution in [0.25, 0.3) is 0 Å². The summed E-state index contributed by atoms with van der Waals surface area (Å²) in [5.41, 5.74) is 1.19. The second-order valence-corrected chi connectivity index (χ2v) is 10.6. The lowest BCUT2D eigenvalue weighted by Crippen LogP contribution is -2.29. The summed E-state index contributed by atoms with van der Waals surface area (Å²) < 4.78 is 59.4. The first-order chi connectivity index (χ1) is 15.0. The Labute approximate surface area is 189 Å². The molecule has 0 aliphatic heterocycles. The molecule has 8 nitrogen and oxygen atoms in total. The number of benzene rings is 2. The molecular formula is C22H24N4O4S2. The number of rotatable bonds is 6. The quantitative estimate of drug-likeness (QED) is 0.599. The second-order valence-electron chi connectivity index (χ2n) is 7.38. The van der Waals surface area contributed by atoms with E-state index >= 15 is 0 Å². The van der Waals surface area contributed by atoms with Crippen molar-refractivity contribution in [1.82, 2.24) is 9.80 Å². The molecule has 0 saturated heterocycles. The molecule has 0 fully saturated rings. The average molecular weight is 473 g/mol. The maximum atomic E-state index is 12.8. The van der Waals surface area contributed by atoms with Crippen LogP contribution in [0.4, 0.5) is 0 Å². The fourth-order valence-electron chi connectivity index (χ4n) is 2.97. The fraction of sp³-hybridized carbons (Fsp3) is 0.182. The highest BCUT2D eigenvalue weighted by atomic mass is 32.2. The van der Waals surface area contributed by atoms with Crippen molar-refractivity contribution in [3.8, 4) is 0 Å². The molecule has 0 saturated carbocycles. The summed E-state index contributed by atoms with van der Waals surface area (Å²) in [6.45, 7) is 0. The Morgan fingerprint density at radius 3 is 1.16 bits per heavy atom. The third-order valence-corrected chi connectivity index (χ3v) is 7.16. The van der Waals surface area contributed by atoms with Crippen LogP contribution in [0, 0.1) is 0 Å². The van der Waals surface area contributed by atoms with Crippen LogP contribution in [0.3, 0.4) is 0 Å². The highest BCUT2D eigenvalue weighted by Gasteiger charge is 2.25. The van der Waals surface area contributed by atoms with Gasteiger partial charge in [0.05, 0.1) is 21.2 Å². The van der Waals surface area contributed by atoms with E-state index in [4.69, 9.17) is 0 Å². The Kier molecular flexibility index (Phi) is 6.65. The van der Waals surface area contributed by atoms with Gasteiger partial charge in [-0.15, -0.1) is 0 Å². The summed E-state index contributed by atoms with van der Waals surface area (Å²) in [5, 5.41) is 0. The molecule has 0 aromatic heterocycles. The van der Waals surface area contributed by atoms with E-state index in [1.165, 1.54) is 36.4 Å². The maximum absolute atomic E-state index is 12.8. The zero-order valence-electron chi connectivity index (χ0n) is 18.2. The molecule has 2 aromatic rings. The largest absolute Gasteiger partial charge is 0.376 e. The zero-order chi connectivity index (χ0) is 23.5. The van der Waals surface area contributed by atoms with Crippen LogP contribution in [-0.2, 0) is 20.0 Å². The van der Waals surface area contributed by atoms with Crippen molar-refractivity contribution in [2.24, 2.45) is 8.80 Å². The molecular weight excluding hydrogens is 448 g/mol. The molecule has 1 aliphatic carbocycles. The van der Waals surface area contributed by atoms with Gasteiger partial charge in [0.2, 0.25) is 0 Å². The Morgan fingerprint density at radius 1 is 0.562 bits per heavy atom. The summed E-state index contributed by atoms with van der Waals surface area (Å²) in [4.78, 5) is 3.45. The molecule has 0 radical (unpaired) electrons. The number of nitrogens with zero attached hydrogens (tertiary/aromatic N) is 4. The van der Waals surface area contributed by atoms with Gasteiger partial charge < -0.3 is 9.80 Å². The summed E-state index contributed by atoms with van der Waals surface area (Å²) >= 11 is 0. The molecule has 10 heteroatoms. The number of sulfonamides is 2. The summed E-state index contributed by atoms with van der Waals surface area (Å²) in [6, 6.07) is 15.8. The fourth-order valence-corrected chi connectivity index (χ4v) is 4.99. The highest BCUT2D eigenvalue weighted by molar-refractivity contribution is 7.90. The lowest BCUT2D eigenvalue weighted by Gasteiger charge is -2.26. The smallest absolute Gasteiger partial charge is 0.282 e. The molecule has 0 spiro atoms. The highest BCUT2D eigenvalue weighted by Crippen LogP contribution is 2.23. The predicted molar refractivity (Wildman–Crippen MR) is 126 cm³/mol. The van der Waals surface area contributed by atoms with Crippen molar-refractivity contribution in [3.63, 3.8) is 0 Å². The first-order valence-corrected chi connectivity index (χ1v) is 12.5. The van der Waals surface area contributed by atoms with Crippen LogP contribution in [0.1, 0.15) is 0 Å². The van der Waals surface area contributed by atoms with Gasteiger partial charge in [-0.3, -0.25) is 0 Å². The second kappa shape index (κ2) is 9.09. The number of allylic oxidation sites excluding steroid dienone is 2. The molecule has 0 amide bonds. The maximum Gasteiger partial charge on any atom is 0.282 e. The van der Waals surface area contributed by atoms with Crippen LogP contribution in [0.2, 0.25) is 0 Å². The molecule has 3 rings (SSSR count). The third kappa shape index (κ3) is 5.14. The monoisotopic (exact) mass is 472 g/mol. The lowest BCUT2D eigenvalue weighted by molar-refractivity contribution is 0.528. The minimum absolute atomic E-state index is 0.0662. The van der Waals surface area contributed by atoms with Gasteiger partial charge in [0.15, 0.2) is 0 Å². The third-order valence-electron chi connectivity index (χ3n) is 4.55. The van der Waals surface area contributed by atoms with Crippen LogP contribution in [0.5, 0.6) is 0 Å².